The normalized spacial score (nSPS) is 12.3. The first kappa shape index (κ1) is 17.3. The van der Waals surface area contributed by atoms with Gasteiger partial charge in [-0.25, -0.2) is 14.6 Å². The smallest absolute Gasteiger partial charge is 0.319 e. The molecule has 0 saturated heterocycles. The first-order chi connectivity index (χ1) is 12.1. The summed E-state index contributed by atoms with van der Waals surface area (Å²) in [4.78, 5) is 20.4. The molecule has 0 unspecified atom stereocenters. The Labute approximate surface area is 149 Å². The molecular weight excluding hydrogens is 338 g/mol. The number of aromatic nitrogens is 5. The van der Waals surface area contributed by atoms with Crippen molar-refractivity contribution in [1.29, 1.82) is 0 Å². The number of hydrogen-bond donors (Lipinski definition) is 0. The van der Waals surface area contributed by atoms with Crippen molar-refractivity contribution >= 4 is 28.9 Å². The van der Waals surface area contributed by atoms with Gasteiger partial charge < -0.3 is 4.74 Å². The van der Waals surface area contributed by atoms with Crippen LogP contribution in [0.25, 0.3) is 11.2 Å². The fourth-order valence-electron chi connectivity index (χ4n) is 2.39. The quantitative estimate of drug-likeness (QED) is 0.381. The van der Waals surface area contributed by atoms with E-state index in [-0.39, 0.29) is 11.2 Å². The third-order valence-corrected chi connectivity index (χ3v) is 5.14. The van der Waals surface area contributed by atoms with Crippen molar-refractivity contribution in [3.05, 3.63) is 41.7 Å². The molecule has 0 N–H and O–H groups in total. The van der Waals surface area contributed by atoms with Crippen molar-refractivity contribution in [2.45, 2.75) is 37.1 Å². The first-order valence-electron chi connectivity index (χ1n) is 7.96. The summed E-state index contributed by atoms with van der Waals surface area (Å²) in [5.74, 6) is -0.272. The molecule has 2 aromatic heterocycles. The highest BCUT2D eigenvalue weighted by Crippen LogP contribution is 2.28. The number of rotatable bonds is 6. The minimum Gasteiger partial charge on any atom is -0.468 e. The van der Waals surface area contributed by atoms with Gasteiger partial charge >= 0.3 is 5.97 Å². The van der Waals surface area contributed by atoms with Crippen LogP contribution in [0, 0.1) is 6.92 Å². The van der Waals surface area contributed by atoms with Gasteiger partial charge in [-0.1, -0.05) is 53.7 Å². The average molecular weight is 357 g/mol. The van der Waals surface area contributed by atoms with E-state index in [2.05, 4.69) is 51.5 Å². The molecule has 0 aliphatic rings. The zero-order chi connectivity index (χ0) is 17.8. The zero-order valence-corrected chi connectivity index (χ0v) is 15.2. The van der Waals surface area contributed by atoms with Gasteiger partial charge in [-0.05, 0) is 18.9 Å². The van der Waals surface area contributed by atoms with Crippen LogP contribution in [-0.4, -0.2) is 43.3 Å². The summed E-state index contributed by atoms with van der Waals surface area (Å²) in [6.07, 6.45) is 2.12. The molecule has 2 heterocycles. The number of nitrogens with zero attached hydrogens (tertiary/aromatic N) is 5. The average Bonchev–Trinajstić information content (AvgIpc) is 3.04. The van der Waals surface area contributed by atoms with Crippen molar-refractivity contribution < 1.29 is 9.53 Å². The minimum atomic E-state index is -0.328. The van der Waals surface area contributed by atoms with Gasteiger partial charge in [0.25, 0.3) is 0 Å². The Morgan fingerprint density at radius 2 is 2.04 bits per heavy atom. The number of thioether (sulfide) groups is 1. The monoisotopic (exact) mass is 357 g/mol. The Hall–Kier alpha value is -2.48. The molecule has 0 radical (unpaired) electrons. The van der Waals surface area contributed by atoms with Crippen LogP contribution in [0.4, 0.5) is 0 Å². The molecule has 1 atom stereocenters. The van der Waals surface area contributed by atoms with Gasteiger partial charge in [-0.3, -0.25) is 4.79 Å². The zero-order valence-electron chi connectivity index (χ0n) is 14.3. The topological polar surface area (TPSA) is 82.8 Å². The van der Waals surface area contributed by atoms with Gasteiger partial charge in [0.15, 0.2) is 11.2 Å². The Bertz CT molecular complexity index is 878. The molecule has 1 aromatic carbocycles. The summed E-state index contributed by atoms with van der Waals surface area (Å²) in [5, 5.41) is 8.73. The maximum Gasteiger partial charge on any atom is 0.319 e. The van der Waals surface area contributed by atoms with Crippen LogP contribution in [0.5, 0.6) is 0 Å². The third kappa shape index (κ3) is 3.79. The molecule has 7 nitrogen and oxygen atoms in total. The number of benzene rings is 1. The van der Waals surface area contributed by atoms with Gasteiger partial charge in [-0.2, -0.15) is 0 Å². The molecule has 0 aliphatic carbocycles. The van der Waals surface area contributed by atoms with Crippen LogP contribution >= 0.6 is 11.8 Å². The number of esters is 1. The number of methoxy groups -OCH3 is 1. The SMILES string of the molecule is CC[C@H](Sc1ncnc2c1nnn2Cc1ccc(C)cc1)C(=O)OC. The number of aryl methyl sites for hydroxylation is 1. The lowest BCUT2D eigenvalue weighted by Gasteiger charge is -2.11. The van der Waals surface area contributed by atoms with E-state index >= 15 is 0 Å². The maximum atomic E-state index is 11.8. The molecule has 0 spiro atoms. The summed E-state index contributed by atoms with van der Waals surface area (Å²) in [6, 6.07) is 8.24. The van der Waals surface area contributed by atoms with Gasteiger partial charge in [-0.15, -0.1) is 5.10 Å². The number of carbonyl (C=O) groups excluding carboxylic acids is 1. The molecule has 0 fully saturated rings. The number of fused-ring (bicyclic) bond motifs is 1. The predicted octanol–water partition coefficient (Wildman–Crippen LogP) is 2.62. The largest absolute Gasteiger partial charge is 0.468 e. The fourth-order valence-corrected chi connectivity index (χ4v) is 3.38. The van der Waals surface area contributed by atoms with Crippen molar-refractivity contribution in [2.24, 2.45) is 0 Å². The van der Waals surface area contributed by atoms with E-state index in [1.54, 1.807) is 4.68 Å². The molecule has 0 bridgehead atoms. The lowest BCUT2D eigenvalue weighted by Crippen LogP contribution is -2.17. The van der Waals surface area contributed by atoms with E-state index < -0.39 is 0 Å². The van der Waals surface area contributed by atoms with E-state index in [1.165, 1.54) is 30.8 Å². The van der Waals surface area contributed by atoms with Gasteiger partial charge in [0.2, 0.25) is 0 Å². The van der Waals surface area contributed by atoms with Gasteiger partial charge in [0, 0.05) is 0 Å². The van der Waals surface area contributed by atoms with Crippen molar-refractivity contribution in [3.8, 4) is 0 Å². The summed E-state index contributed by atoms with van der Waals surface area (Å²) in [7, 11) is 1.39. The second kappa shape index (κ2) is 7.60. The highest BCUT2D eigenvalue weighted by Gasteiger charge is 2.22. The molecule has 0 saturated carbocycles. The Kier molecular flexibility index (Phi) is 5.28. The lowest BCUT2D eigenvalue weighted by atomic mass is 10.1. The van der Waals surface area contributed by atoms with Gasteiger partial charge in [0.1, 0.15) is 16.6 Å². The molecule has 0 amide bonds. The standard InChI is InChI=1S/C17H19N5O2S/c1-4-13(17(23)24-3)25-16-14-15(18-10-19-16)22(21-20-14)9-12-7-5-11(2)6-8-12/h5-8,10,13H,4,9H2,1-3H3/t13-/m0/s1. The van der Waals surface area contributed by atoms with Crippen LogP contribution in [0.2, 0.25) is 0 Å². The van der Waals surface area contributed by atoms with Crippen LogP contribution in [-0.2, 0) is 16.1 Å². The molecule has 3 rings (SSSR count). The highest BCUT2D eigenvalue weighted by molar-refractivity contribution is 8.00. The first-order valence-corrected chi connectivity index (χ1v) is 8.84. The van der Waals surface area contributed by atoms with E-state index in [0.29, 0.717) is 29.2 Å². The molecular formula is C17H19N5O2S. The van der Waals surface area contributed by atoms with Crippen molar-refractivity contribution in [1.82, 2.24) is 25.0 Å². The predicted molar refractivity (Wildman–Crippen MR) is 95.4 cm³/mol. The Morgan fingerprint density at radius 3 is 2.72 bits per heavy atom. The molecule has 0 aliphatic heterocycles. The maximum absolute atomic E-state index is 11.8. The molecule has 3 aromatic rings. The van der Waals surface area contributed by atoms with E-state index in [1.807, 2.05) is 6.92 Å². The third-order valence-electron chi connectivity index (χ3n) is 3.81. The second-order valence-corrected chi connectivity index (χ2v) is 6.81. The molecule has 8 heteroatoms. The highest BCUT2D eigenvalue weighted by atomic mass is 32.2. The van der Waals surface area contributed by atoms with Crippen LogP contribution in [0.1, 0.15) is 24.5 Å². The summed E-state index contributed by atoms with van der Waals surface area (Å²) >= 11 is 1.33. The molecule has 130 valence electrons. The number of hydrogen-bond acceptors (Lipinski definition) is 7. The Balaban J connectivity index is 1.89. The summed E-state index contributed by atoms with van der Waals surface area (Å²) < 4.78 is 6.58. The lowest BCUT2D eigenvalue weighted by molar-refractivity contribution is -0.140. The van der Waals surface area contributed by atoms with E-state index in [9.17, 15) is 4.79 Å². The number of carbonyl (C=O) groups is 1. The van der Waals surface area contributed by atoms with Crippen LogP contribution in [0.15, 0.2) is 35.6 Å². The van der Waals surface area contributed by atoms with E-state index in [0.717, 1.165) is 5.56 Å². The summed E-state index contributed by atoms with van der Waals surface area (Å²) in [6.45, 7) is 4.56. The Morgan fingerprint density at radius 1 is 1.28 bits per heavy atom. The number of ether oxygens (including phenoxy) is 1. The second-order valence-electron chi connectivity index (χ2n) is 5.62. The fraction of sp³-hybridized carbons (Fsp3) is 0.353. The summed E-state index contributed by atoms with van der Waals surface area (Å²) in [5.41, 5.74) is 3.58. The molecule has 25 heavy (non-hydrogen) atoms. The minimum absolute atomic E-state index is 0.272. The van der Waals surface area contributed by atoms with Crippen LogP contribution < -0.4 is 0 Å². The van der Waals surface area contributed by atoms with Crippen LogP contribution in [0.3, 0.4) is 0 Å². The van der Waals surface area contributed by atoms with Crippen molar-refractivity contribution in [3.63, 3.8) is 0 Å². The van der Waals surface area contributed by atoms with Crippen molar-refractivity contribution in [2.75, 3.05) is 7.11 Å². The van der Waals surface area contributed by atoms with Gasteiger partial charge in [0.05, 0.1) is 13.7 Å². The van der Waals surface area contributed by atoms with E-state index in [4.69, 9.17) is 4.74 Å².